The fraction of sp³-hybridized carbons (Fsp3) is 0.208. The van der Waals surface area contributed by atoms with E-state index in [0.717, 1.165) is 33.1 Å². The number of hydrogen-bond acceptors (Lipinski definition) is 3. The second kappa shape index (κ2) is 12.7. The molecule has 0 atom stereocenters. The summed E-state index contributed by atoms with van der Waals surface area (Å²) in [6.07, 6.45) is 1.96. The minimum absolute atomic E-state index is 0.0254. The van der Waals surface area contributed by atoms with E-state index in [2.05, 4.69) is 21.0 Å². The molecule has 176 valence electrons. The summed E-state index contributed by atoms with van der Waals surface area (Å²) in [5.41, 5.74) is 14.1. The number of hydrogen-bond donors (Lipinski definition) is 4. The molecule has 0 saturated heterocycles. The number of rotatable bonds is 5. The van der Waals surface area contributed by atoms with Crippen molar-refractivity contribution in [3.05, 3.63) is 68.9 Å². The first-order valence-electron chi connectivity index (χ1n) is 10.4. The Hall–Kier alpha value is -2.51. The number of anilines is 2. The van der Waals surface area contributed by atoms with Crippen LogP contribution < -0.4 is 16.8 Å². The summed E-state index contributed by atoms with van der Waals surface area (Å²) in [4.78, 5) is 7.55. The summed E-state index contributed by atoms with van der Waals surface area (Å²) in [6, 6.07) is 12.3. The first-order chi connectivity index (χ1) is 16.0. The van der Waals surface area contributed by atoms with Gasteiger partial charge in [-0.2, -0.15) is 0 Å². The highest BCUT2D eigenvalue weighted by molar-refractivity contribution is 6.36. The molecule has 0 aliphatic carbocycles. The number of halogens is 4. The van der Waals surface area contributed by atoms with Crippen LogP contribution in [0.2, 0.25) is 15.1 Å². The van der Waals surface area contributed by atoms with E-state index in [-0.39, 0.29) is 5.02 Å². The molecule has 33 heavy (non-hydrogen) atoms. The van der Waals surface area contributed by atoms with Gasteiger partial charge in [0.25, 0.3) is 0 Å². The van der Waals surface area contributed by atoms with Gasteiger partial charge in [0.05, 0.1) is 22.1 Å². The zero-order valence-electron chi connectivity index (χ0n) is 18.6. The quantitative estimate of drug-likeness (QED) is 0.129. The third-order valence-electron chi connectivity index (χ3n) is 4.66. The summed E-state index contributed by atoms with van der Waals surface area (Å²) >= 11 is 18.2. The third kappa shape index (κ3) is 6.30. The lowest BCUT2D eigenvalue weighted by molar-refractivity contribution is 0.629. The predicted molar refractivity (Wildman–Crippen MR) is 143 cm³/mol. The maximum Gasteiger partial charge on any atom is 0.143 e. The molecule has 0 spiro atoms. The van der Waals surface area contributed by atoms with Gasteiger partial charge in [-0.15, -0.1) is 0 Å². The molecule has 0 aliphatic heterocycles. The molecule has 9 heteroatoms. The number of aliphatic imine (C=N–C) groups is 1. The van der Waals surface area contributed by atoms with Crippen molar-refractivity contribution in [2.24, 2.45) is 16.5 Å². The Morgan fingerprint density at radius 2 is 1.73 bits per heavy atom. The fourth-order valence-corrected chi connectivity index (χ4v) is 3.95. The molecular weight excluding hydrogens is 484 g/mol. The van der Waals surface area contributed by atoms with Crippen LogP contribution in [-0.4, -0.2) is 24.9 Å². The predicted octanol–water partition coefficient (Wildman–Crippen LogP) is 7.29. The average Bonchev–Trinajstić information content (AvgIpc) is 3.18. The fourth-order valence-electron chi connectivity index (χ4n) is 3.35. The molecule has 5 nitrogen and oxygen atoms in total. The molecule has 4 rings (SSSR count). The van der Waals surface area contributed by atoms with Gasteiger partial charge in [-0.25, -0.2) is 4.39 Å². The van der Waals surface area contributed by atoms with Crippen LogP contribution in [0.15, 0.2) is 47.5 Å². The average molecular weight is 511 g/mol. The Labute approximate surface area is 207 Å². The third-order valence-corrected chi connectivity index (χ3v) is 5.49. The maximum absolute atomic E-state index is 13.9. The summed E-state index contributed by atoms with van der Waals surface area (Å²) in [6.45, 7) is 4.54. The number of fused-ring (bicyclic) bond motifs is 3. The molecule has 0 radical (unpaired) electrons. The van der Waals surface area contributed by atoms with Crippen LogP contribution in [0.1, 0.15) is 19.4 Å². The van der Waals surface area contributed by atoms with Crippen molar-refractivity contribution in [3.63, 3.8) is 0 Å². The number of aromatic nitrogens is 1. The van der Waals surface area contributed by atoms with Crippen LogP contribution in [0.3, 0.4) is 0 Å². The highest BCUT2D eigenvalue weighted by atomic mass is 35.5. The first-order valence-corrected chi connectivity index (χ1v) is 11.5. The molecular formula is C24H27Cl3FN5. The van der Waals surface area contributed by atoms with Gasteiger partial charge >= 0.3 is 0 Å². The molecule has 4 aromatic rings. The zero-order chi connectivity index (χ0) is 24.5. The summed E-state index contributed by atoms with van der Waals surface area (Å²) in [5, 5.41) is 6.12. The van der Waals surface area contributed by atoms with Crippen LogP contribution >= 0.6 is 34.8 Å². The lowest BCUT2D eigenvalue weighted by Crippen LogP contribution is -1.98. The van der Waals surface area contributed by atoms with Gasteiger partial charge in [-0.05, 0) is 55.4 Å². The molecule has 6 N–H and O–H groups in total. The topological polar surface area (TPSA) is 92.2 Å². The molecule has 1 heterocycles. The van der Waals surface area contributed by atoms with E-state index in [1.807, 2.05) is 44.2 Å². The summed E-state index contributed by atoms with van der Waals surface area (Å²) in [5.74, 6) is -0.545. The van der Waals surface area contributed by atoms with E-state index in [4.69, 9.17) is 40.5 Å². The molecule has 1 aromatic heterocycles. The van der Waals surface area contributed by atoms with Crippen molar-refractivity contribution in [2.45, 2.75) is 20.3 Å². The van der Waals surface area contributed by atoms with E-state index in [9.17, 15) is 4.39 Å². The number of H-pyrrole nitrogens is 1. The molecule has 0 saturated carbocycles. The summed E-state index contributed by atoms with van der Waals surface area (Å²) < 4.78 is 13.9. The van der Waals surface area contributed by atoms with Crippen molar-refractivity contribution in [1.82, 2.24) is 4.98 Å². The van der Waals surface area contributed by atoms with Crippen LogP contribution in [0.5, 0.6) is 0 Å². The molecule has 0 amide bonds. The van der Waals surface area contributed by atoms with Crippen LogP contribution in [0.25, 0.3) is 21.8 Å². The highest BCUT2D eigenvalue weighted by Crippen LogP contribution is 2.35. The highest BCUT2D eigenvalue weighted by Gasteiger charge is 2.13. The normalized spacial score (nSPS) is 10.7. The second-order valence-electron chi connectivity index (χ2n) is 6.55. The van der Waals surface area contributed by atoms with Crippen molar-refractivity contribution in [2.75, 3.05) is 18.9 Å². The minimum Gasteiger partial charge on any atom is -0.390 e. The largest absolute Gasteiger partial charge is 0.390 e. The number of aromatic amines is 1. The van der Waals surface area contributed by atoms with Gasteiger partial charge in [0.15, 0.2) is 0 Å². The zero-order valence-corrected chi connectivity index (χ0v) is 20.9. The van der Waals surface area contributed by atoms with E-state index in [1.165, 1.54) is 25.5 Å². The Morgan fingerprint density at radius 3 is 2.42 bits per heavy atom. The van der Waals surface area contributed by atoms with E-state index < -0.39 is 5.82 Å². The van der Waals surface area contributed by atoms with E-state index in [1.54, 1.807) is 0 Å². The second-order valence-corrected chi connectivity index (χ2v) is 7.80. The number of nitrogens with two attached hydrogens (primary N) is 2. The van der Waals surface area contributed by atoms with Crippen molar-refractivity contribution >= 4 is 74.3 Å². The lowest BCUT2D eigenvalue weighted by atomic mass is 10.0. The molecule has 3 aromatic carbocycles. The van der Waals surface area contributed by atoms with Crippen LogP contribution in [-0.2, 0) is 6.42 Å². The Kier molecular flexibility index (Phi) is 10.3. The van der Waals surface area contributed by atoms with Crippen LogP contribution in [0.4, 0.5) is 15.8 Å². The van der Waals surface area contributed by atoms with Gasteiger partial charge in [0, 0.05) is 45.1 Å². The Morgan fingerprint density at radius 1 is 1.00 bits per heavy atom. The van der Waals surface area contributed by atoms with E-state index in [0.29, 0.717) is 28.7 Å². The number of nitrogens with zero attached hydrogens (tertiary/aromatic N) is 1. The van der Waals surface area contributed by atoms with Gasteiger partial charge < -0.3 is 21.8 Å². The molecule has 0 unspecified atom stereocenters. The van der Waals surface area contributed by atoms with Gasteiger partial charge in [0.1, 0.15) is 5.82 Å². The first kappa shape index (κ1) is 26.7. The maximum atomic E-state index is 13.9. The van der Waals surface area contributed by atoms with Gasteiger partial charge in [-0.1, -0.05) is 48.7 Å². The number of nitrogens with one attached hydrogen (secondary N) is 2. The minimum atomic E-state index is -0.545. The van der Waals surface area contributed by atoms with Gasteiger partial charge in [0.2, 0.25) is 0 Å². The van der Waals surface area contributed by atoms with Gasteiger partial charge in [-0.3, -0.25) is 4.99 Å². The molecule has 0 bridgehead atoms. The van der Waals surface area contributed by atoms with Crippen molar-refractivity contribution in [3.8, 4) is 0 Å². The molecule has 0 fully saturated rings. The smallest absolute Gasteiger partial charge is 0.143 e. The lowest BCUT2D eigenvalue weighted by Gasteiger charge is -2.12. The summed E-state index contributed by atoms with van der Waals surface area (Å²) in [7, 11) is 1.50. The standard InChI is InChI=1S/C21H16Cl3FN4.C2H6.CH5N/c22-12-1-2-19-14(6-12)15-7-13(5-11(21(15)29-19)3-4-27-10-26)28-20-9-18(25)16(23)8-17(20)24;2*1-2/h1-2,5-10,28-29H,3-4H2,(H2,26,27);1-2H3;2H2,1H3. The van der Waals surface area contributed by atoms with Crippen molar-refractivity contribution < 1.29 is 4.39 Å². The molecule has 0 aliphatic rings. The SMILES string of the molecule is CC.CN.NC=NCCc1cc(Nc2cc(F)c(Cl)cc2Cl)cc2c1[nH]c1ccc(Cl)cc12. The van der Waals surface area contributed by atoms with Crippen LogP contribution in [0, 0.1) is 5.82 Å². The Balaban J connectivity index is 0.000000914. The van der Waals surface area contributed by atoms with E-state index >= 15 is 0 Å². The Bertz CT molecular complexity index is 1250. The monoisotopic (exact) mass is 509 g/mol. The van der Waals surface area contributed by atoms with Crippen molar-refractivity contribution in [1.29, 1.82) is 0 Å². The number of benzene rings is 3.